The van der Waals surface area contributed by atoms with Gasteiger partial charge in [-0.25, -0.2) is 17.5 Å². The number of amides is 1. The van der Waals surface area contributed by atoms with Crippen molar-refractivity contribution in [3.05, 3.63) is 69.7 Å². The molecule has 0 spiro atoms. The van der Waals surface area contributed by atoms with Crippen molar-refractivity contribution in [2.45, 2.75) is 51.0 Å². The number of likely N-dealkylation sites (tertiary alicyclic amines) is 1. The van der Waals surface area contributed by atoms with Crippen LogP contribution in [0.1, 0.15) is 49.2 Å². The van der Waals surface area contributed by atoms with E-state index >= 15 is 0 Å². The average Bonchev–Trinajstić information content (AvgIpc) is 3.53. The topological polar surface area (TPSA) is 137 Å². The molecule has 1 amide bonds. The number of nitrogens with one attached hydrogen (secondary N) is 1. The minimum Gasteiger partial charge on any atom is -0.437 e. The molecule has 0 radical (unpaired) electrons. The third kappa shape index (κ3) is 5.53. The Morgan fingerprint density at radius 2 is 1.87 bits per heavy atom. The molecule has 38 heavy (non-hydrogen) atoms. The molecule has 0 bridgehead atoms. The third-order valence-corrected chi connectivity index (χ3v) is 7.95. The summed E-state index contributed by atoms with van der Waals surface area (Å²) in [5, 5.41) is 15.9. The number of nitro benzene ring substituents is 1. The Morgan fingerprint density at radius 1 is 1.21 bits per heavy atom. The number of rotatable bonds is 9. The molecule has 1 N–H and O–H groups in total. The van der Waals surface area contributed by atoms with Gasteiger partial charge in [0.2, 0.25) is 15.9 Å². The van der Waals surface area contributed by atoms with Gasteiger partial charge in [0.15, 0.2) is 5.69 Å². The van der Waals surface area contributed by atoms with Crippen molar-refractivity contribution in [3.63, 3.8) is 0 Å². The molecular formula is C25H28FN5O6S. The van der Waals surface area contributed by atoms with Gasteiger partial charge in [-0.15, -0.1) is 0 Å². The van der Waals surface area contributed by atoms with Gasteiger partial charge in [-0.3, -0.25) is 14.9 Å². The van der Waals surface area contributed by atoms with Gasteiger partial charge < -0.3 is 9.64 Å². The van der Waals surface area contributed by atoms with Crippen molar-refractivity contribution in [1.29, 1.82) is 0 Å². The zero-order valence-electron chi connectivity index (χ0n) is 21.2. The van der Waals surface area contributed by atoms with E-state index in [-0.39, 0.29) is 23.2 Å². The van der Waals surface area contributed by atoms with Crippen molar-refractivity contribution in [2.24, 2.45) is 0 Å². The second-order valence-corrected chi connectivity index (χ2v) is 10.8. The summed E-state index contributed by atoms with van der Waals surface area (Å²) >= 11 is 0. The fourth-order valence-electron chi connectivity index (χ4n) is 4.05. The Kier molecular flexibility index (Phi) is 7.78. The molecular weight excluding hydrogens is 517 g/mol. The number of hydrogen-bond acceptors (Lipinski definition) is 7. The summed E-state index contributed by atoms with van der Waals surface area (Å²) in [5.41, 5.74) is 0.377. The Hall–Kier alpha value is -3.84. The number of non-ortho nitro benzene ring substituents is 1. The van der Waals surface area contributed by atoms with Crippen molar-refractivity contribution in [3.8, 4) is 17.3 Å². The highest BCUT2D eigenvalue weighted by Gasteiger charge is 2.30. The maximum atomic E-state index is 13.6. The minimum absolute atomic E-state index is 0.0213. The molecule has 0 saturated carbocycles. The van der Waals surface area contributed by atoms with Gasteiger partial charge in [0.25, 0.3) is 11.6 Å². The predicted octanol–water partition coefficient (Wildman–Crippen LogP) is 4.33. The fourth-order valence-corrected chi connectivity index (χ4v) is 5.53. The first-order valence-electron chi connectivity index (χ1n) is 12.1. The monoisotopic (exact) mass is 545 g/mol. The maximum Gasteiger partial charge on any atom is 0.274 e. The molecule has 13 heteroatoms. The van der Waals surface area contributed by atoms with Crippen LogP contribution in [0, 0.1) is 22.9 Å². The second-order valence-electron chi connectivity index (χ2n) is 9.09. The van der Waals surface area contributed by atoms with Crippen LogP contribution in [0.3, 0.4) is 0 Å². The van der Waals surface area contributed by atoms with E-state index in [4.69, 9.17) is 4.74 Å². The van der Waals surface area contributed by atoms with Crippen LogP contribution < -0.4 is 9.46 Å². The van der Waals surface area contributed by atoms with Crippen LogP contribution in [0.4, 0.5) is 10.1 Å². The van der Waals surface area contributed by atoms with Gasteiger partial charge in [0.1, 0.15) is 16.5 Å². The van der Waals surface area contributed by atoms with Crippen molar-refractivity contribution < 1.29 is 27.3 Å². The summed E-state index contributed by atoms with van der Waals surface area (Å²) in [5.74, 6) is -0.958. The zero-order valence-corrected chi connectivity index (χ0v) is 22.0. The molecule has 1 aliphatic rings. The van der Waals surface area contributed by atoms with Crippen LogP contribution in [-0.4, -0.2) is 53.1 Å². The van der Waals surface area contributed by atoms with E-state index in [0.717, 1.165) is 25.0 Å². The van der Waals surface area contributed by atoms with Gasteiger partial charge >= 0.3 is 0 Å². The standard InChI is InChI=1S/C25H28FN5O6S/c1-4-16(2)28-38(35,36)22-15-20(31(33)34)11-12-21(22)37-25-17(3)23(24(32)29-13-5-6-14-29)27-30(25)19-9-7-18(26)8-10-19/h7-12,15-16,28H,4-6,13-14H2,1-3H3. The van der Waals surface area contributed by atoms with Crippen LogP contribution >= 0.6 is 0 Å². The quantitative estimate of drug-likeness (QED) is 0.312. The van der Waals surface area contributed by atoms with Gasteiger partial charge in [0.05, 0.1) is 10.6 Å². The number of nitrogens with zero attached hydrogens (tertiary/aromatic N) is 4. The Balaban J connectivity index is 1.86. The highest BCUT2D eigenvalue weighted by atomic mass is 32.2. The van der Waals surface area contributed by atoms with E-state index < -0.39 is 37.4 Å². The molecule has 3 aromatic rings. The molecule has 11 nitrogen and oxygen atoms in total. The number of aromatic nitrogens is 2. The van der Waals surface area contributed by atoms with E-state index in [1.165, 1.54) is 35.0 Å². The summed E-state index contributed by atoms with van der Waals surface area (Å²) < 4.78 is 49.9. The van der Waals surface area contributed by atoms with E-state index in [9.17, 15) is 27.7 Å². The highest BCUT2D eigenvalue weighted by molar-refractivity contribution is 7.89. The maximum absolute atomic E-state index is 13.6. The van der Waals surface area contributed by atoms with Crippen molar-refractivity contribution >= 4 is 21.6 Å². The van der Waals surface area contributed by atoms with Crippen LogP contribution in [0.2, 0.25) is 0 Å². The molecule has 1 atom stereocenters. The summed E-state index contributed by atoms with van der Waals surface area (Å²) in [6, 6.07) is 8.11. The molecule has 2 aromatic carbocycles. The van der Waals surface area contributed by atoms with E-state index in [2.05, 4.69) is 9.82 Å². The second kappa shape index (κ2) is 10.9. The number of carbonyl (C=O) groups excluding carboxylic acids is 1. The number of ether oxygens (including phenoxy) is 1. The number of sulfonamides is 1. The lowest BCUT2D eigenvalue weighted by atomic mass is 10.2. The van der Waals surface area contributed by atoms with Gasteiger partial charge in [0, 0.05) is 36.8 Å². The van der Waals surface area contributed by atoms with Gasteiger partial charge in [-0.1, -0.05) is 6.92 Å². The van der Waals surface area contributed by atoms with Crippen LogP contribution in [0.15, 0.2) is 47.4 Å². The predicted molar refractivity (Wildman–Crippen MR) is 137 cm³/mol. The molecule has 1 aliphatic heterocycles. The molecule has 2 heterocycles. The lowest BCUT2D eigenvalue weighted by Gasteiger charge is -2.16. The Labute approximate surface area is 219 Å². The fraction of sp³-hybridized carbons (Fsp3) is 0.360. The summed E-state index contributed by atoms with van der Waals surface area (Å²) in [6.45, 7) is 6.25. The average molecular weight is 546 g/mol. The van der Waals surface area contributed by atoms with Gasteiger partial charge in [-0.05, 0) is 63.4 Å². The Bertz CT molecular complexity index is 1470. The summed E-state index contributed by atoms with van der Waals surface area (Å²) in [4.78, 5) is 25.2. The molecule has 0 aliphatic carbocycles. The molecule has 1 aromatic heterocycles. The number of nitro groups is 1. The third-order valence-electron chi connectivity index (χ3n) is 6.34. The normalized spacial score (nSPS) is 14.5. The number of hydrogen-bond donors (Lipinski definition) is 1. The van der Waals surface area contributed by atoms with Crippen LogP contribution in [-0.2, 0) is 10.0 Å². The number of carbonyl (C=O) groups is 1. The number of benzene rings is 2. The highest BCUT2D eigenvalue weighted by Crippen LogP contribution is 2.36. The first-order valence-corrected chi connectivity index (χ1v) is 13.6. The smallest absolute Gasteiger partial charge is 0.274 e. The SMILES string of the molecule is CCC(C)NS(=O)(=O)c1cc([N+](=O)[O-])ccc1Oc1c(C)c(C(=O)N2CCCC2)nn1-c1ccc(F)cc1. The van der Waals surface area contributed by atoms with Crippen LogP contribution in [0.5, 0.6) is 11.6 Å². The number of halogens is 1. The van der Waals surface area contributed by atoms with Gasteiger partial charge in [-0.2, -0.15) is 9.78 Å². The Morgan fingerprint density at radius 3 is 2.47 bits per heavy atom. The van der Waals surface area contributed by atoms with E-state index in [0.29, 0.717) is 30.8 Å². The first kappa shape index (κ1) is 27.2. The van der Waals surface area contributed by atoms with Crippen molar-refractivity contribution in [1.82, 2.24) is 19.4 Å². The molecule has 202 valence electrons. The minimum atomic E-state index is -4.23. The zero-order chi connectivity index (χ0) is 27.6. The lowest BCUT2D eigenvalue weighted by molar-refractivity contribution is -0.385. The molecule has 1 saturated heterocycles. The van der Waals surface area contributed by atoms with E-state index in [1.807, 2.05) is 0 Å². The lowest BCUT2D eigenvalue weighted by Crippen LogP contribution is -2.32. The molecule has 1 unspecified atom stereocenters. The summed E-state index contributed by atoms with van der Waals surface area (Å²) in [7, 11) is -4.23. The van der Waals surface area contributed by atoms with Crippen LogP contribution in [0.25, 0.3) is 5.69 Å². The summed E-state index contributed by atoms with van der Waals surface area (Å²) in [6.07, 6.45) is 2.24. The van der Waals surface area contributed by atoms with E-state index in [1.54, 1.807) is 25.7 Å². The molecule has 1 fully saturated rings. The largest absolute Gasteiger partial charge is 0.437 e. The van der Waals surface area contributed by atoms with Crippen molar-refractivity contribution in [2.75, 3.05) is 13.1 Å². The first-order chi connectivity index (χ1) is 18.0. The molecule has 4 rings (SSSR count).